The van der Waals surface area contributed by atoms with Crippen LogP contribution in [0.3, 0.4) is 0 Å². The second-order valence-electron chi connectivity index (χ2n) is 7.73. The maximum atomic E-state index is 13.0. The van der Waals surface area contributed by atoms with Crippen molar-refractivity contribution in [3.8, 4) is 0 Å². The van der Waals surface area contributed by atoms with E-state index in [1.54, 1.807) is 20.2 Å². The highest BCUT2D eigenvalue weighted by Crippen LogP contribution is 2.40. The zero-order chi connectivity index (χ0) is 25.8. The summed E-state index contributed by atoms with van der Waals surface area (Å²) in [6.07, 6.45) is 3.65. The Morgan fingerprint density at radius 2 is 2.25 bits per heavy atom. The van der Waals surface area contributed by atoms with Crippen LogP contribution in [0.15, 0.2) is 41.0 Å². The van der Waals surface area contributed by atoms with Gasteiger partial charge in [-0.15, -0.1) is 11.8 Å². The first-order valence-electron chi connectivity index (χ1n) is 10.8. The fourth-order valence-electron chi connectivity index (χ4n) is 3.79. The Bertz CT molecular complexity index is 1250. The maximum absolute atomic E-state index is 13.0. The zero-order valence-electron chi connectivity index (χ0n) is 19.4. The van der Waals surface area contributed by atoms with Crippen LogP contribution in [0.25, 0.3) is 0 Å². The van der Waals surface area contributed by atoms with E-state index in [2.05, 4.69) is 19.8 Å². The van der Waals surface area contributed by atoms with Crippen molar-refractivity contribution >= 4 is 51.9 Å². The molecular weight excluding hydrogens is 510 g/mol. The first kappa shape index (κ1) is 25.5. The summed E-state index contributed by atoms with van der Waals surface area (Å²) in [4.78, 5) is 48.1. The SMILES string of the molecule is CCON=C(C(=O)NC1C(=O)N2C(C(=O)[O-])=C(C[n+]3cccc(COC)c3)CS[C@H]12)c1nsc(N)n1. The van der Waals surface area contributed by atoms with Crippen molar-refractivity contribution in [2.75, 3.05) is 25.2 Å². The molecule has 4 rings (SSSR count). The molecular formula is C21H23N7O6S2. The number of nitrogens with one attached hydrogen (secondary N) is 1. The Balaban J connectivity index is 1.52. The largest absolute Gasteiger partial charge is 0.543 e. The van der Waals surface area contributed by atoms with Gasteiger partial charge in [-0.25, -0.2) is 4.57 Å². The van der Waals surface area contributed by atoms with Crippen molar-refractivity contribution in [2.24, 2.45) is 5.16 Å². The highest BCUT2D eigenvalue weighted by molar-refractivity contribution is 8.00. The van der Waals surface area contributed by atoms with E-state index in [4.69, 9.17) is 15.3 Å². The first-order chi connectivity index (χ1) is 17.3. The molecule has 3 N–H and O–H groups in total. The molecule has 0 bridgehead atoms. The van der Waals surface area contributed by atoms with Crippen LogP contribution in [0.2, 0.25) is 0 Å². The van der Waals surface area contributed by atoms with Crippen LogP contribution >= 0.6 is 23.3 Å². The summed E-state index contributed by atoms with van der Waals surface area (Å²) >= 11 is 2.22. The standard InChI is InChI=1S/C21H23N7O6S2/c1-3-34-25-13(16-24-21(22)36-26-16)17(29)23-14-18(30)28-15(20(31)32)12(10-35-19(14)28)8-27-6-4-5-11(7-27)9-33-2/h4-7,14,19H,3,8-10H2,1-2H3,(H3-,22,23,24,26,29,31,32)/t14?,19-/m1/s1. The Labute approximate surface area is 214 Å². The van der Waals surface area contributed by atoms with Gasteiger partial charge in [-0.2, -0.15) is 9.36 Å². The molecule has 2 aliphatic heterocycles. The lowest BCUT2D eigenvalue weighted by atomic mass is 10.0. The summed E-state index contributed by atoms with van der Waals surface area (Å²) in [6.45, 7) is 2.54. The van der Waals surface area contributed by atoms with Crippen molar-refractivity contribution < 1.29 is 33.6 Å². The number of β-lactam (4-membered cyclic amide) rings is 1. The van der Waals surface area contributed by atoms with Gasteiger partial charge < -0.3 is 30.5 Å². The molecule has 2 amide bonds. The number of nitrogens with two attached hydrogens (primary N) is 1. The third kappa shape index (κ3) is 5.17. The number of carbonyl (C=O) groups is 3. The number of thioether (sulfide) groups is 1. The highest BCUT2D eigenvalue weighted by Gasteiger charge is 2.53. The third-order valence-electron chi connectivity index (χ3n) is 5.28. The van der Waals surface area contributed by atoms with Crippen LogP contribution in [-0.2, 0) is 37.1 Å². The Kier molecular flexibility index (Phi) is 7.81. The maximum Gasteiger partial charge on any atom is 0.278 e. The predicted octanol–water partition coefficient (Wildman–Crippen LogP) is -1.60. The number of nitrogens with zero attached hydrogens (tertiary/aromatic N) is 5. The van der Waals surface area contributed by atoms with Crippen LogP contribution in [-0.4, -0.2) is 68.6 Å². The van der Waals surface area contributed by atoms with Gasteiger partial charge in [0.15, 0.2) is 24.1 Å². The number of hydrogen-bond acceptors (Lipinski definition) is 12. The van der Waals surface area contributed by atoms with E-state index >= 15 is 0 Å². The number of amides is 2. The Morgan fingerprint density at radius 1 is 1.44 bits per heavy atom. The molecule has 0 spiro atoms. The summed E-state index contributed by atoms with van der Waals surface area (Å²) in [7, 11) is 1.59. The van der Waals surface area contributed by atoms with Gasteiger partial charge in [-0.3, -0.25) is 14.5 Å². The molecule has 0 aliphatic carbocycles. The lowest BCUT2D eigenvalue weighted by molar-refractivity contribution is -0.689. The molecule has 1 fully saturated rings. The second kappa shape index (κ2) is 11.0. The average Bonchev–Trinajstić information content (AvgIpc) is 3.28. The molecule has 1 unspecified atom stereocenters. The molecule has 2 aliphatic rings. The summed E-state index contributed by atoms with van der Waals surface area (Å²) in [6, 6.07) is 2.75. The van der Waals surface area contributed by atoms with E-state index in [9.17, 15) is 19.5 Å². The Hall–Kier alpha value is -3.56. The van der Waals surface area contributed by atoms with Crippen molar-refractivity contribution in [1.29, 1.82) is 0 Å². The van der Waals surface area contributed by atoms with Crippen LogP contribution < -0.4 is 20.7 Å². The van der Waals surface area contributed by atoms with Gasteiger partial charge in [0.05, 0.1) is 18.3 Å². The first-order valence-corrected chi connectivity index (χ1v) is 12.6. The minimum atomic E-state index is -1.46. The monoisotopic (exact) mass is 533 g/mol. The van der Waals surface area contributed by atoms with Crippen molar-refractivity contribution in [3.63, 3.8) is 0 Å². The number of aliphatic carboxylic acids is 1. The smallest absolute Gasteiger partial charge is 0.278 e. The number of carboxylic acid groups (broad SMARTS) is 1. The fourth-order valence-corrected chi connectivity index (χ4v) is 5.56. The zero-order valence-corrected chi connectivity index (χ0v) is 21.0. The number of fused-ring (bicyclic) bond motifs is 1. The molecule has 2 aromatic heterocycles. The molecule has 0 saturated carbocycles. The molecule has 0 aromatic carbocycles. The third-order valence-corrected chi connectivity index (χ3v) is 7.17. The predicted molar refractivity (Wildman–Crippen MR) is 127 cm³/mol. The quantitative estimate of drug-likeness (QED) is 0.156. The van der Waals surface area contributed by atoms with E-state index in [1.165, 1.54) is 11.8 Å². The van der Waals surface area contributed by atoms with Gasteiger partial charge in [-0.1, -0.05) is 5.16 Å². The lowest BCUT2D eigenvalue weighted by Gasteiger charge is -2.50. The van der Waals surface area contributed by atoms with Gasteiger partial charge in [-0.05, 0) is 13.0 Å². The number of oxime groups is 1. The van der Waals surface area contributed by atoms with Crippen molar-refractivity contribution in [2.45, 2.75) is 31.5 Å². The van der Waals surface area contributed by atoms with Crippen LogP contribution in [0.4, 0.5) is 5.13 Å². The van der Waals surface area contributed by atoms with Crippen LogP contribution in [0.5, 0.6) is 0 Å². The van der Waals surface area contributed by atoms with Gasteiger partial charge >= 0.3 is 0 Å². The minimum absolute atomic E-state index is 0.0336. The fraction of sp³-hybridized carbons (Fsp3) is 0.381. The number of carbonyl (C=O) groups excluding carboxylic acids is 3. The Morgan fingerprint density at radius 3 is 2.92 bits per heavy atom. The molecule has 2 aromatic rings. The number of methoxy groups -OCH3 is 1. The number of hydrogen-bond donors (Lipinski definition) is 2. The topological polar surface area (TPSA) is 176 Å². The molecule has 0 radical (unpaired) electrons. The van der Waals surface area contributed by atoms with Gasteiger partial charge in [0.25, 0.3) is 11.8 Å². The number of rotatable bonds is 10. The normalized spacial score (nSPS) is 19.6. The van der Waals surface area contributed by atoms with Gasteiger partial charge in [0, 0.05) is 41.6 Å². The van der Waals surface area contributed by atoms with Crippen LogP contribution in [0.1, 0.15) is 18.3 Å². The minimum Gasteiger partial charge on any atom is -0.543 e. The number of nitrogen functional groups attached to an aromatic ring is 1. The van der Waals surface area contributed by atoms with Crippen LogP contribution in [0, 0.1) is 0 Å². The summed E-state index contributed by atoms with van der Waals surface area (Å²) in [5.74, 6) is -2.47. The number of aromatic nitrogens is 3. The van der Waals surface area contributed by atoms with Gasteiger partial charge in [0.2, 0.25) is 11.5 Å². The van der Waals surface area contributed by atoms with Gasteiger partial charge in [0.1, 0.15) is 18.0 Å². The van der Waals surface area contributed by atoms with E-state index < -0.39 is 29.2 Å². The van der Waals surface area contributed by atoms with Crippen molar-refractivity contribution in [3.05, 3.63) is 47.2 Å². The summed E-state index contributed by atoms with van der Waals surface area (Å²) in [5.41, 5.74) is 6.63. The molecule has 36 heavy (non-hydrogen) atoms. The second-order valence-corrected chi connectivity index (χ2v) is 9.62. The number of ether oxygens (including phenoxy) is 1. The van der Waals surface area contributed by atoms with E-state index in [0.717, 1.165) is 22.0 Å². The number of anilines is 1. The van der Waals surface area contributed by atoms with Crippen molar-refractivity contribution in [1.82, 2.24) is 19.6 Å². The molecule has 13 nitrogen and oxygen atoms in total. The summed E-state index contributed by atoms with van der Waals surface area (Å²) in [5, 5.41) is 17.9. The molecule has 190 valence electrons. The van der Waals surface area contributed by atoms with E-state index in [-0.39, 0.29) is 35.5 Å². The molecule has 2 atom stereocenters. The van der Waals surface area contributed by atoms with E-state index in [1.807, 2.05) is 22.9 Å². The molecule has 1 saturated heterocycles. The van der Waals surface area contributed by atoms with E-state index in [0.29, 0.717) is 17.9 Å². The molecule has 4 heterocycles. The number of pyridine rings is 1. The average molecular weight is 534 g/mol. The lowest BCUT2D eigenvalue weighted by Crippen LogP contribution is -2.71. The number of carboxylic acids is 1. The summed E-state index contributed by atoms with van der Waals surface area (Å²) < 4.78 is 10.9. The highest BCUT2D eigenvalue weighted by atomic mass is 32.2. The molecule has 15 heteroatoms.